The fourth-order valence-corrected chi connectivity index (χ4v) is 2.18. The molecule has 0 aromatic heterocycles. The summed E-state index contributed by atoms with van der Waals surface area (Å²) in [7, 11) is 0. The van der Waals surface area contributed by atoms with Crippen LogP contribution < -0.4 is 10.5 Å². The average Bonchev–Trinajstić information content (AvgIpc) is 2.82. The van der Waals surface area contributed by atoms with Gasteiger partial charge in [0.2, 0.25) is 0 Å². The van der Waals surface area contributed by atoms with Gasteiger partial charge < -0.3 is 15.2 Å². The van der Waals surface area contributed by atoms with Crippen LogP contribution in [0.1, 0.15) is 37.8 Å². The van der Waals surface area contributed by atoms with Crippen molar-refractivity contribution in [3.05, 3.63) is 29.6 Å². The topological polar surface area (TPSA) is 44.5 Å². The molecule has 3 nitrogen and oxygen atoms in total. The molecule has 0 saturated carbocycles. The van der Waals surface area contributed by atoms with E-state index >= 15 is 0 Å². The Hall–Kier alpha value is -1.13. The van der Waals surface area contributed by atoms with Crippen molar-refractivity contribution >= 4 is 0 Å². The lowest BCUT2D eigenvalue weighted by molar-refractivity contribution is 0.0901. The number of hydrogen-bond acceptors (Lipinski definition) is 3. The van der Waals surface area contributed by atoms with Crippen molar-refractivity contribution in [3.8, 4) is 5.75 Å². The van der Waals surface area contributed by atoms with Crippen LogP contribution in [0.3, 0.4) is 0 Å². The van der Waals surface area contributed by atoms with Gasteiger partial charge in [0, 0.05) is 30.7 Å². The zero-order valence-electron chi connectivity index (χ0n) is 10.7. The van der Waals surface area contributed by atoms with Crippen molar-refractivity contribution in [2.75, 3.05) is 13.2 Å². The minimum Gasteiger partial charge on any atom is -0.493 e. The molecule has 1 aromatic rings. The van der Waals surface area contributed by atoms with Crippen LogP contribution in [0, 0.1) is 5.82 Å². The van der Waals surface area contributed by atoms with E-state index in [4.69, 9.17) is 15.2 Å². The zero-order chi connectivity index (χ0) is 13.0. The van der Waals surface area contributed by atoms with Gasteiger partial charge in [-0.05, 0) is 25.8 Å². The smallest absolute Gasteiger partial charge is 0.126 e. The molecule has 2 atom stereocenters. The van der Waals surface area contributed by atoms with E-state index in [1.807, 2.05) is 6.92 Å². The minimum atomic E-state index is -0.300. The van der Waals surface area contributed by atoms with Gasteiger partial charge in [-0.2, -0.15) is 0 Å². The van der Waals surface area contributed by atoms with Gasteiger partial charge in [-0.15, -0.1) is 0 Å². The van der Waals surface area contributed by atoms with Crippen LogP contribution in [0.15, 0.2) is 18.2 Å². The third-order valence-corrected chi connectivity index (χ3v) is 3.19. The SMILES string of the molecule is CC(N)c1ccc(F)cc1OCCC1CCCO1. The van der Waals surface area contributed by atoms with Gasteiger partial charge in [-0.1, -0.05) is 6.07 Å². The molecule has 2 N–H and O–H groups in total. The first kappa shape index (κ1) is 13.3. The second-order valence-electron chi connectivity index (χ2n) is 4.74. The van der Waals surface area contributed by atoms with Crippen molar-refractivity contribution < 1.29 is 13.9 Å². The van der Waals surface area contributed by atoms with E-state index < -0.39 is 0 Å². The van der Waals surface area contributed by atoms with Crippen LogP contribution in [0.2, 0.25) is 0 Å². The summed E-state index contributed by atoms with van der Waals surface area (Å²) in [6, 6.07) is 4.32. The lowest BCUT2D eigenvalue weighted by Crippen LogP contribution is -2.13. The van der Waals surface area contributed by atoms with Gasteiger partial charge in [0.15, 0.2) is 0 Å². The molecule has 0 radical (unpaired) electrons. The van der Waals surface area contributed by atoms with Crippen LogP contribution in [0.4, 0.5) is 4.39 Å². The van der Waals surface area contributed by atoms with Crippen molar-refractivity contribution in [2.24, 2.45) is 5.73 Å². The highest BCUT2D eigenvalue weighted by molar-refractivity contribution is 5.36. The molecule has 18 heavy (non-hydrogen) atoms. The minimum absolute atomic E-state index is 0.164. The Labute approximate surface area is 107 Å². The quantitative estimate of drug-likeness (QED) is 0.877. The van der Waals surface area contributed by atoms with Gasteiger partial charge in [0.25, 0.3) is 0 Å². The average molecular weight is 253 g/mol. The Morgan fingerprint density at radius 2 is 2.39 bits per heavy atom. The van der Waals surface area contributed by atoms with Crippen LogP contribution in [-0.2, 0) is 4.74 Å². The number of benzene rings is 1. The number of halogens is 1. The van der Waals surface area contributed by atoms with E-state index in [-0.39, 0.29) is 18.0 Å². The van der Waals surface area contributed by atoms with Crippen molar-refractivity contribution in [3.63, 3.8) is 0 Å². The highest BCUT2D eigenvalue weighted by Gasteiger charge is 2.16. The highest BCUT2D eigenvalue weighted by Crippen LogP contribution is 2.25. The van der Waals surface area contributed by atoms with E-state index in [1.54, 1.807) is 6.07 Å². The maximum atomic E-state index is 13.2. The van der Waals surface area contributed by atoms with Crippen molar-refractivity contribution in [2.45, 2.75) is 38.3 Å². The van der Waals surface area contributed by atoms with E-state index in [2.05, 4.69) is 0 Å². The largest absolute Gasteiger partial charge is 0.493 e. The maximum absolute atomic E-state index is 13.2. The van der Waals surface area contributed by atoms with Crippen LogP contribution in [-0.4, -0.2) is 19.3 Å². The van der Waals surface area contributed by atoms with Gasteiger partial charge in [-0.3, -0.25) is 0 Å². The summed E-state index contributed by atoms with van der Waals surface area (Å²) in [5.74, 6) is 0.245. The molecule has 2 rings (SSSR count). The van der Waals surface area contributed by atoms with Crippen molar-refractivity contribution in [1.29, 1.82) is 0 Å². The fourth-order valence-electron chi connectivity index (χ4n) is 2.18. The molecule has 100 valence electrons. The Balaban J connectivity index is 1.92. The van der Waals surface area contributed by atoms with Gasteiger partial charge in [-0.25, -0.2) is 4.39 Å². The summed E-state index contributed by atoms with van der Waals surface area (Å²) in [6.45, 7) is 3.24. The zero-order valence-corrected chi connectivity index (χ0v) is 10.7. The summed E-state index contributed by atoms with van der Waals surface area (Å²) in [5.41, 5.74) is 6.67. The van der Waals surface area contributed by atoms with E-state index in [0.717, 1.165) is 31.4 Å². The van der Waals surface area contributed by atoms with Gasteiger partial charge in [0.05, 0.1) is 12.7 Å². The highest BCUT2D eigenvalue weighted by atomic mass is 19.1. The van der Waals surface area contributed by atoms with E-state index in [0.29, 0.717) is 12.4 Å². The van der Waals surface area contributed by atoms with Gasteiger partial charge >= 0.3 is 0 Å². The molecule has 4 heteroatoms. The molecule has 1 aromatic carbocycles. The van der Waals surface area contributed by atoms with Gasteiger partial charge in [0.1, 0.15) is 11.6 Å². The number of ether oxygens (including phenoxy) is 2. The normalized spacial score (nSPS) is 20.9. The fraction of sp³-hybridized carbons (Fsp3) is 0.571. The van der Waals surface area contributed by atoms with Crippen LogP contribution >= 0.6 is 0 Å². The molecule has 0 bridgehead atoms. The molecule has 0 spiro atoms. The van der Waals surface area contributed by atoms with Crippen molar-refractivity contribution in [1.82, 2.24) is 0 Å². The molecule has 1 heterocycles. The molecule has 2 unspecified atom stereocenters. The molecular formula is C14H20FNO2. The lowest BCUT2D eigenvalue weighted by atomic mass is 10.1. The third-order valence-electron chi connectivity index (χ3n) is 3.19. The maximum Gasteiger partial charge on any atom is 0.126 e. The first-order chi connectivity index (χ1) is 8.66. The Bertz CT molecular complexity index is 389. The molecule has 1 aliphatic rings. The Kier molecular flexibility index (Phi) is 4.55. The Morgan fingerprint density at radius 1 is 1.56 bits per heavy atom. The second kappa shape index (κ2) is 6.16. The molecule has 0 aliphatic carbocycles. The van der Waals surface area contributed by atoms with Crippen LogP contribution in [0.25, 0.3) is 0 Å². The predicted octanol–water partition coefficient (Wildman–Crippen LogP) is 2.79. The number of hydrogen-bond donors (Lipinski definition) is 1. The summed E-state index contributed by atoms with van der Waals surface area (Å²) < 4.78 is 24.3. The van der Waals surface area contributed by atoms with Crippen LogP contribution in [0.5, 0.6) is 5.75 Å². The third kappa shape index (κ3) is 3.43. The molecule has 0 amide bonds. The van der Waals surface area contributed by atoms with E-state index in [9.17, 15) is 4.39 Å². The first-order valence-electron chi connectivity index (χ1n) is 6.46. The number of nitrogens with two attached hydrogens (primary N) is 1. The lowest BCUT2D eigenvalue weighted by Gasteiger charge is -2.15. The standard InChI is InChI=1S/C14H20FNO2/c1-10(16)13-5-4-11(15)9-14(13)18-8-6-12-3-2-7-17-12/h4-5,9-10,12H,2-3,6-8,16H2,1H3. The number of rotatable bonds is 5. The summed E-state index contributed by atoms with van der Waals surface area (Å²) in [4.78, 5) is 0. The summed E-state index contributed by atoms with van der Waals surface area (Å²) >= 11 is 0. The Morgan fingerprint density at radius 3 is 3.06 bits per heavy atom. The predicted molar refractivity (Wildman–Crippen MR) is 68.1 cm³/mol. The molecule has 1 fully saturated rings. The molecule has 1 aliphatic heterocycles. The first-order valence-corrected chi connectivity index (χ1v) is 6.46. The summed E-state index contributed by atoms with van der Waals surface area (Å²) in [5, 5.41) is 0. The summed E-state index contributed by atoms with van der Waals surface area (Å²) in [6.07, 6.45) is 3.34. The second-order valence-corrected chi connectivity index (χ2v) is 4.74. The molecular weight excluding hydrogens is 233 g/mol. The monoisotopic (exact) mass is 253 g/mol. The van der Waals surface area contributed by atoms with E-state index in [1.165, 1.54) is 12.1 Å². The molecule has 1 saturated heterocycles.